The van der Waals surface area contributed by atoms with Crippen LogP contribution < -0.4 is 14.3 Å². The molecule has 30 heavy (non-hydrogen) atoms. The zero-order valence-corrected chi connectivity index (χ0v) is 17.7. The molecule has 0 fully saturated rings. The number of benzene rings is 2. The molecule has 3 aromatic rings. The lowest BCUT2D eigenvalue weighted by Gasteiger charge is -2.06. The van der Waals surface area contributed by atoms with Crippen molar-refractivity contribution in [3.05, 3.63) is 52.8 Å². The molecule has 0 unspecified atom stereocenters. The molecule has 2 aromatic carbocycles. The van der Waals surface area contributed by atoms with E-state index in [0.29, 0.717) is 35.0 Å². The van der Waals surface area contributed by atoms with Crippen LogP contribution in [-0.2, 0) is 20.8 Å². The fourth-order valence-electron chi connectivity index (χ4n) is 2.78. The molecule has 0 aliphatic heterocycles. The molecule has 1 heterocycles. The second kappa shape index (κ2) is 10.0. The maximum Gasteiger partial charge on any atom is 0.337 e. The second-order valence-corrected chi connectivity index (χ2v) is 7.19. The van der Waals surface area contributed by atoms with Gasteiger partial charge in [0.2, 0.25) is 0 Å². The summed E-state index contributed by atoms with van der Waals surface area (Å²) in [5.41, 5.74) is 1.29. The topological polar surface area (TPSA) is 88.4 Å². The molecule has 0 spiro atoms. The van der Waals surface area contributed by atoms with Crippen molar-refractivity contribution in [2.24, 2.45) is 4.99 Å². The number of nitrogens with zero attached hydrogens (tertiary/aromatic N) is 2. The Hall–Kier alpha value is -3.17. The van der Waals surface area contributed by atoms with Crippen molar-refractivity contribution >= 4 is 33.4 Å². The van der Waals surface area contributed by atoms with E-state index in [9.17, 15) is 9.59 Å². The minimum atomic E-state index is -0.427. The Morgan fingerprint density at radius 3 is 2.60 bits per heavy atom. The van der Waals surface area contributed by atoms with Gasteiger partial charge >= 0.3 is 5.97 Å². The Kier molecular flexibility index (Phi) is 7.21. The Bertz CT molecular complexity index is 1120. The highest BCUT2D eigenvalue weighted by Crippen LogP contribution is 2.20. The van der Waals surface area contributed by atoms with Gasteiger partial charge in [0.05, 0.1) is 36.6 Å². The van der Waals surface area contributed by atoms with E-state index in [2.05, 4.69) is 4.99 Å². The number of hydrogen-bond donors (Lipinski definition) is 0. The predicted octanol–water partition coefficient (Wildman–Crippen LogP) is 2.65. The van der Waals surface area contributed by atoms with E-state index >= 15 is 0 Å². The molecule has 0 aliphatic carbocycles. The van der Waals surface area contributed by atoms with Gasteiger partial charge in [-0.15, -0.1) is 0 Å². The molecule has 158 valence electrons. The average Bonchev–Trinajstić information content (AvgIpc) is 3.11. The van der Waals surface area contributed by atoms with Crippen LogP contribution in [0.5, 0.6) is 11.5 Å². The summed E-state index contributed by atoms with van der Waals surface area (Å²) in [4.78, 5) is 29.0. The standard InChI is InChI=1S/C21H22N2O6S/c1-26-10-9-23-17-8-7-14(20(25)28-3)11-18(17)30-21(23)22-19(24)13-29-16-6-4-5-15(12-16)27-2/h4-8,11-12H,9-10,13H2,1-3H3. The maximum atomic E-state index is 12.4. The Balaban J connectivity index is 1.88. The van der Waals surface area contributed by atoms with Gasteiger partial charge in [0, 0.05) is 19.7 Å². The van der Waals surface area contributed by atoms with Crippen LogP contribution in [0.15, 0.2) is 47.5 Å². The van der Waals surface area contributed by atoms with E-state index in [1.165, 1.54) is 18.4 Å². The molecular formula is C21H22N2O6S. The van der Waals surface area contributed by atoms with E-state index in [0.717, 1.165) is 10.2 Å². The number of carbonyl (C=O) groups is 2. The van der Waals surface area contributed by atoms with Gasteiger partial charge in [-0.3, -0.25) is 4.79 Å². The number of amides is 1. The van der Waals surface area contributed by atoms with Gasteiger partial charge in [0.25, 0.3) is 5.91 Å². The fraction of sp³-hybridized carbons (Fsp3) is 0.286. The molecule has 1 aromatic heterocycles. The number of ether oxygens (including phenoxy) is 4. The number of rotatable bonds is 8. The first kappa shape index (κ1) is 21.5. The Labute approximate surface area is 177 Å². The van der Waals surface area contributed by atoms with E-state index in [1.807, 2.05) is 10.6 Å². The molecule has 0 bridgehead atoms. The summed E-state index contributed by atoms with van der Waals surface area (Å²) >= 11 is 1.31. The second-order valence-electron chi connectivity index (χ2n) is 6.18. The van der Waals surface area contributed by atoms with Crippen molar-refractivity contribution in [3.63, 3.8) is 0 Å². The maximum absolute atomic E-state index is 12.4. The van der Waals surface area contributed by atoms with Crippen LogP contribution in [0.1, 0.15) is 10.4 Å². The molecule has 9 heteroatoms. The van der Waals surface area contributed by atoms with Gasteiger partial charge in [-0.25, -0.2) is 4.79 Å². The van der Waals surface area contributed by atoms with Crippen molar-refractivity contribution in [1.29, 1.82) is 0 Å². The summed E-state index contributed by atoms with van der Waals surface area (Å²) < 4.78 is 23.3. The summed E-state index contributed by atoms with van der Waals surface area (Å²) in [6.07, 6.45) is 0. The summed E-state index contributed by atoms with van der Waals surface area (Å²) in [6.45, 7) is 0.752. The first-order valence-electron chi connectivity index (χ1n) is 9.10. The van der Waals surface area contributed by atoms with Gasteiger partial charge in [0.15, 0.2) is 11.4 Å². The normalized spacial score (nSPS) is 11.5. The van der Waals surface area contributed by atoms with Crippen molar-refractivity contribution < 1.29 is 28.5 Å². The Morgan fingerprint density at radius 2 is 1.87 bits per heavy atom. The number of fused-ring (bicyclic) bond motifs is 1. The highest BCUT2D eigenvalue weighted by molar-refractivity contribution is 7.16. The summed E-state index contributed by atoms with van der Waals surface area (Å²) in [6, 6.07) is 12.2. The van der Waals surface area contributed by atoms with Gasteiger partial charge in [0.1, 0.15) is 11.5 Å². The summed E-state index contributed by atoms with van der Waals surface area (Å²) in [5, 5.41) is 0. The largest absolute Gasteiger partial charge is 0.497 e. The molecule has 0 radical (unpaired) electrons. The third-order valence-corrected chi connectivity index (χ3v) is 5.29. The number of aromatic nitrogens is 1. The number of carbonyl (C=O) groups excluding carboxylic acids is 2. The smallest absolute Gasteiger partial charge is 0.337 e. The number of hydrogen-bond acceptors (Lipinski definition) is 7. The molecule has 0 N–H and O–H groups in total. The van der Waals surface area contributed by atoms with Gasteiger partial charge in [-0.2, -0.15) is 4.99 Å². The molecule has 1 amide bonds. The monoisotopic (exact) mass is 430 g/mol. The van der Waals surface area contributed by atoms with Crippen LogP contribution in [0.3, 0.4) is 0 Å². The van der Waals surface area contributed by atoms with E-state index in [1.54, 1.807) is 50.6 Å². The number of thiazole rings is 1. The van der Waals surface area contributed by atoms with Gasteiger partial charge in [-0.05, 0) is 30.3 Å². The van der Waals surface area contributed by atoms with Crippen LogP contribution in [0.25, 0.3) is 10.2 Å². The minimum Gasteiger partial charge on any atom is -0.497 e. The minimum absolute atomic E-state index is 0.209. The van der Waals surface area contributed by atoms with Crippen molar-refractivity contribution in [3.8, 4) is 11.5 Å². The average molecular weight is 430 g/mol. The molecule has 0 aliphatic rings. The molecule has 0 atom stereocenters. The van der Waals surface area contributed by atoms with Crippen LogP contribution in [-0.4, -0.2) is 51.0 Å². The molecule has 0 saturated heterocycles. The van der Waals surface area contributed by atoms with E-state index in [-0.39, 0.29) is 6.61 Å². The highest BCUT2D eigenvalue weighted by atomic mass is 32.1. The SMILES string of the molecule is COCCn1c(=NC(=O)COc2cccc(OC)c2)sc2cc(C(=O)OC)ccc21. The summed E-state index contributed by atoms with van der Waals surface area (Å²) in [5.74, 6) is 0.308. The van der Waals surface area contributed by atoms with Crippen molar-refractivity contribution in [2.75, 3.05) is 34.5 Å². The number of esters is 1. The first-order chi connectivity index (χ1) is 14.5. The zero-order valence-electron chi connectivity index (χ0n) is 16.9. The van der Waals surface area contributed by atoms with E-state index < -0.39 is 11.9 Å². The fourth-order valence-corrected chi connectivity index (χ4v) is 3.89. The lowest BCUT2D eigenvalue weighted by atomic mass is 10.2. The zero-order chi connectivity index (χ0) is 21.5. The molecular weight excluding hydrogens is 408 g/mol. The van der Waals surface area contributed by atoms with Gasteiger partial charge in [-0.1, -0.05) is 17.4 Å². The van der Waals surface area contributed by atoms with Crippen LogP contribution in [0.2, 0.25) is 0 Å². The molecule has 3 rings (SSSR count). The van der Waals surface area contributed by atoms with E-state index in [4.69, 9.17) is 18.9 Å². The third-order valence-electron chi connectivity index (χ3n) is 4.25. The quantitative estimate of drug-likeness (QED) is 0.511. The van der Waals surface area contributed by atoms with Crippen LogP contribution in [0.4, 0.5) is 0 Å². The first-order valence-corrected chi connectivity index (χ1v) is 9.92. The van der Waals surface area contributed by atoms with Crippen molar-refractivity contribution in [1.82, 2.24) is 4.57 Å². The predicted molar refractivity (Wildman–Crippen MR) is 112 cm³/mol. The van der Waals surface area contributed by atoms with Crippen molar-refractivity contribution in [2.45, 2.75) is 6.54 Å². The third kappa shape index (κ3) is 5.05. The molecule has 8 nitrogen and oxygen atoms in total. The van der Waals surface area contributed by atoms with Crippen LogP contribution >= 0.6 is 11.3 Å². The lowest BCUT2D eigenvalue weighted by Crippen LogP contribution is -2.21. The van der Waals surface area contributed by atoms with Crippen LogP contribution in [0, 0.1) is 0 Å². The lowest BCUT2D eigenvalue weighted by molar-refractivity contribution is -0.120. The number of methoxy groups -OCH3 is 3. The highest BCUT2D eigenvalue weighted by Gasteiger charge is 2.12. The summed E-state index contributed by atoms with van der Waals surface area (Å²) in [7, 11) is 4.50. The van der Waals surface area contributed by atoms with Gasteiger partial charge < -0.3 is 23.5 Å². The Morgan fingerprint density at radius 1 is 1.07 bits per heavy atom. The molecule has 0 saturated carbocycles.